The van der Waals surface area contributed by atoms with Gasteiger partial charge in [0.25, 0.3) is 0 Å². The van der Waals surface area contributed by atoms with E-state index in [1.165, 1.54) is 32.6 Å². The minimum Gasteiger partial charge on any atom is -0.454 e. The SMILES string of the molecule is c1ccc(-c2cc(-c3nc(-c4ccccc4)nc(-c4ccccc4)n3)c3c(c2)oc2c(-n4c5ccccc5c5ccc(-c6ccc7c(c6)c6ccccc6n7-c6ccccc6)cc54)cccc23)cc1. The maximum absolute atomic E-state index is 7.21. The summed E-state index contributed by atoms with van der Waals surface area (Å²) < 4.78 is 11.9. The molecule has 0 aliphatic rings. The fourth-order valence-corrected chi connectivity index (χ4v) is 10.4. The molecule has 0 amide bonds. The van der Waals surface area contributed by atoms with Crippen LogP contribution in [0, 0.1) is 0 Å². The molecule has 6 heteroatoms. The molecule has 0 bridgehead atoms. The highest BCUT2D eigenvalue weighted by molar-refractivity contribution is 6.17. The van der Waals surface area contributed by atoms with Gasteiger partial charge in [0.2, 0.25) is 0 Å². The van der Waals surface area contributed by atoms with E-state index >= 15 is 0 Å². The summed E-state index contributed by atoms with van der Waals surface area (Å²) in [6.07, 6.45) is 0. The molecule has 0 spiro atoms. The molecule has 14 rings (SSSR count). The van der Waals surface area contributed by atoms with Gasteiger partial charge >= 0.3 is 0 Å². The summed E-state index contributed by atoms with van der Waals surface area (Å²) in [5.41, 5.74) is 15.2. The number of rotatable bonds is 7. The van der Waals surface area contributed by atoms with E-state index < -0.39 is 0 Å². The van der Waals surface area contributed by atoms with Gasteiger partial charge in [0.15, 0.2) is 23.1 Å². The van der Waals surface area contributed by atoms with Crippen LogP contribution >= 0.6 is 0 Å². The number of nitrogens with zero attached hydrogens (tertiary/aromatic N) is 5. The minimum atomic E-state index is 0.573. The zero-order valence-electron chi connectivity index (χ0n) is 37.2. The summed E-state index contributed by atoms with van der Waals surface area (Å²) >= 11 is 0. The van der Waals surface area contributed by atoms with Gasteiger partial charge in [-0.2, -0.15) is 0 Å². The Morgan fingerprint density at radius 1 is 0.304 bits per heavy atom. The molecule has 0 aliphatic carbocycles. The Morgan fingerprint density at radius 2 is 0.826 bits per heavy atom. The quantitative estimate of drug-likeness (QED) is 0.160. The van der Waals surface area contributed by atoms with Gasteiger partial charge in [0, 0.05) is 54.7 Å². The van der Waals surface area contributed by atoms with Crippen LogP contribution in [-0.2, 0) is 0 Å². The van der Waals surface area contributed by atoms with Crippen molar-refractivity contribution in [1.29, 1.82) is 0 Å². The molecule has 0 radical (unpaired) electrons. The largest absolute Gasteiger partial charge is 0.454 e. The molecular formula is C63H39N5O. The highest BCUT2D eigenvalue weighted by Crippen LogP contribution is 2.44. The lowest BCUT2D eigenvalue weighted by Crippen LogP contribution is -2.00. The molecule has 0 fully saturated rings. The number of benzene rings is 10. The van der Waals surface area contributed by atoms with Crippen LogP contribution in [0.25, 0.3) is 133 Å². The summed E-state index contributed by atoms with van der Waals surface area (Å²) in [7, 11) is 0. The lowest BCUT2D eigenvalue weighted by molar-refractivity contribution is 0.666. The second-order valence-corrected chi connectivity index (χ2v) is 17.6. The van der Waals surface area contributed by atoms with Gasteiger partial charge in [-0.25, -0.2) is 15.0 Å². The Bertz CT molecular complexity index is 4230. The van der Waals surface area contributed by atoms with E-state index in [0.29, 0.717) is 17.5 Å². The Hall–Kier alpha value is -9.39. The number of hydrogen-bond donors (Lipinski definition) is 0. The molecule has 6 nitrogen and oxygen atoms in total. The first-order valence-electron chi connectivity index (χ1n) is 23.3. The van der Waals surface area contributed by atoms with Crippen molar-refractivity contribution in [2.75, 3.05) is 0 Å². The third-order valence-corrected chi connectivity index (χ3v) is 13.6. The predicted octanol–water partition coefficient (Wildman–Crippen LogP) is 16.3. The van der Waals surface area contributed by atoms with E-state index in [2.05, 4.69) is 179 Å². The van der Waals surface area contributed by atoms with E-state index in [-0.39, 0.29) is 0 Å². The zero-order chi connectivity index (χ0) is 45.4. The number of hydrogen-bond acceptors (Lipinski definition) is 4. The van der Waals surface area contributed by atoms with E-state index in [0.717, 1.165) is 83.3 Å². The van der Waals surface area contributed by atoms with Crippen molar-refractivity contribution in [1.82, 2.24) is 24.1 Å². The monoisotopic (exact) mass is 881 g/mol. The fraction of sp³-hybridized carbons (Fsp3) is 0. The summed E-state index contributed by atoms with van der Waals surface area (Å²) in [4.78, 5) is 15.5. The normalized spacial score (nSPS) is 11.8. The summed E-state index contributed by atoms with van der Waals surface area (Å²) in [5.74, 6) is 1.78. The molecule has 0 saturated carbocycles. The van der Waals surface area contributed by atoms with Crippen molar-refractivity contribution < 1.29 is 4.42 Å². The Labute approximate surface area is 396 Å². The fourth-order valence-electron chi connectivity index (χ4n) is 10.4. The van der Waals surface area contributed by atoms with Crippen LogP contribution in [0.15, 0.2) is 241 Å². The van der Waals surface area contributed by atoms with Crippen molar-refractivity contribution in [2.45, 2.75) is 0 Å². The molecule has 0 unspecified atom stereocenters. The number of para-hydroxylation sites is 4. The summed E-state index contributed by atoms with van der Waals surface area (Å²) in [6, 6.07) is 83.3. The van der Waals surface area contributed by atoms with Gasteiger partial charge in [0.05, 0.1) is 27.8 Å². The standard InChI is InChI=1S/C63H39N5O/c1-5-18-40(19-6-1)45-37-52(63-65-61(41-20-7-2-8-21-41)64-62(66-63)42-22-9-3-10-23-42)59-50-28-17-31-56(60(50)69-58(59)39-45)68-54-30-16-13-26-47(54)49-34-32-44(38-57(49)68)43-33-35-55-51(36-43)48-27-14-15-29-53(48)67(55)46-24-11-4-12-25-46/h1-39H. The van der Waals surface area contributed by atoms with Crippen molar-refractivity contribution in [3.63, 3.8) is 0 Å². The number of furan rings is 1. The van der Waals surface area contributed by atoms with Crippen molar-refractivity contribution in [3.05, 3.63) is 237 Å². The molecule has 4 heterocycles. The molecule has 0 N–H and O–H groups in total. The second kappa shape index (κ2) is 15.6. The van der Waals surface area contributed by atoms with Gasteiger partial charge < -0.3 is 13.6 Å². The van der Waals surface area contributed by atoms with Gasteiger partial charge in [0.1, 0.15) is 5.58 Å². The van der Waals surface area contributed by atoms with Gasteiger partial charge in [-0.1, -0.05) is 176 Å². The van der Waals surface area contributed by atoms with Crippen molar-refractivity contribution in [2.24, 2.45) is 0 Å². The summed E-state index contributed by atoms with van der Waals surface area (Å²) in [6.45, 7) is 0. The average Bonchev–Trinajstić information content (AvgIpc) is 4.09. The predicted molar refractivity (Wildman–Crippen MR) is 283 cm³/mol. The van der Waals surface area contributed by atoms with E-state index in [9.17, 15) is 0 Å². The molecule has 14 aromatic rings. The third-order valence-electron chi connectivity index (χ3n) is 13.6. The molecule has 322 valence electrons. The first-order valence-corrected chi connectivity index (χ1v) is 23.3. The van der Waals surface area contributed by atoms with Gasteiger partial charge in [-0.15, -0.1) is 0 Å². The van der Waals surface area contributed by atoms with Crippen LogP contribution in [0.2, 0.25) is 0 Å². The Morgan fingerprint density at radius 3 is 1.52 bits per heavy atom. The first-order chi connectivity index (χ1) is 34.2. The maximum atomic E-state index is 7.21. The van der Waals surface area contributed by atoms with Gasteiger partial charge in [-0.3, -0.25) is 0 Å². The van der Waals surface area contributed by atoms with Crippen molar-refractivity contribution >= 4 is 65.6 Å². The maximum Gasteiger partial charge on any atom is 0.164 e. The van der Waals surface area contributed by atoms with Gasteiger partial charge in [-0.05, 0) is 82.9 Å². The van der Waals surface area contributed by atoms with E-state index in [1.54, 1.807) is 0 Å². The zero-order valence-corrected chi connectivity index (χ0v) is 37.2. The second-order valence-electron chi connectivity index (χ2n) is 17.6. The highest BCUT2D eigenvalue weighted by Gasteiger charge is 2.23. The van der Waals surface area contributed by atoms with Crippen molar-refractivity contribution in [3.8, 4) is 67.8 Å². The van der Waals surface area contributed by atoms with Crippen LogP contribution in [0.5, 0.6) is 0 Å². The van der Waals surface area contributed by atoms with Crippen LogP contribution in [0.4, 0.5) is 0 Å². The topological polar surface area (TPSA) is 61.7 Å². The third kappa shape index (κ3) is 6.30. The Kier molecular flexibility index (Phi) is 8.79. The molecule has 0 atom stereocenters. The highest BCUT2D eigenvalue weighted by atomic mass is 16.3. The number of aromatic nitrogens is 5. The smallest absolute Gasteiger partial charge is 0.164 e. The van der Waals surface area contributed by atoms with E-state index in [4.69, 9.17) is 19.4 Å². The van der Waals surface area contributed by atoms with Crippen LogP contribution in [0.1, 0.15) is 0 Å². The molecule has 0 saturated heterocycles. The van der Waals surface area contributed by atoms with E-state index in [1.807, 2.05) is 66.7 Å². The lowest BCUT2D eigenvalue weighted by atomic mass is 9.98. The first kappa shape index (κ1) is 38.8. The van der Waals surface area contributed by atoms with Crippen LogP contribution < -0.4 is 0 Å². The molecule has 10 aromatic carbocycles. The molecule has 69 heavy (non-hydrogen) atoms. The lowest BCUT2D eigenvalue weighted by Gasteiger charge is -2.11. The number of fused-ring (bicyclic) bond motifs is 9. The van der Waals surface area contributed by atoms with Crippen LogP contribution in [0.3, 0.4) is 0 Å². The summed E-state index contributed by atoms with van der Waals surface area (Å²) in [5, 5.41) is 6.71. The molecular weight excluding hydrogens is 843 g/mol. The molecule has 4 aromatic heterocycles. The average molecular weight is 882 g/mol. The molecule has 0 aliphatic heterocycles. The minimum absolute atomic E-state index is 0.573. The van der Waals surface area contributed by atoms with Crippen LogP contribution in [-0.4, -0.2) is 24.1 Å². The Balaban J connectivity index is 1.00.